The van der Waals surface area contributed by atoms with E-state index in [2.05, 4.69) is 20.9 Å². The molecule has 2 aromatic carbocycles. The molecule has 1 aliphatic heterocycles. The first-order valence-corrected chi connectivity index (χ1v) is 10.7. The van der Waals surface area contributed by atoms with Gasteiger partial charge in [-0.15, -0.1) is 0 Å². The van der Waals surface area contributed by atoms with Crippen molar-refractivity contribution in [3.63, 3.8) is 0 Å². The zero-order chi connectivity index (χ0) is 21.2. The third kappa shape index (κ3) is 4.17. The van der Waals surface area contributed by atoms with E-state index in [0.29, 0.717) is 16.4 Å². The Bertz CT molecular complexity index is 1210. The Labute approximate surface area is 185 Å². The maximum atomic E-state index is 10.3. The summed E-state index contributed by atoms with van der Waals surface area (Å²) < 4.78 is 0. The van der Waals surface area contributed by atoms with Gasteiger partial charge in [0, 0.05) is 55.5 Å². The van der Waals surface area contributed by atoms with Crippen molar-refractivity contribution in [1.82, 2.24) is 19.9 Å². The summed E-state index contributed by atoms with van der Waals surface area (Å²) in [5.41, 5.74) is 2.61. The first kappa shape index (κ1) is 19.7. The topological polar surface area (TPSA) is 65.4 Å². The van der Waals surface area contributed by atoms with Gasteiger partial charge in [0.2, 0.25) is 0 Å². The Morgan fingerprint density at radius 2 is 1.77 bits per heavy atom. The highest BCUT2D eigenvalue weighted by atomic mass is 35.5. The van der Waals surface area contributed by atoms with Crippen LogP contribution in [0.5, 0.6) is 5.75 Å². The molecule has 0 bridgehead atoms. The number of benzene rings is 2. The van der Waals surface area contributed by atoms with Crippen molar-refractivity contribution >= 4 is 28.3 Å². The molecule has 156 valence electrons. The molecule has 2 aromatic heterocycles. The molecule has 0 amide bonds. The normalized spacial score (nSPS) is 14.8. The van der Waals surface area contributed by atoms with Crippen LogP contribution in [-0.2, 0) is 6.54 Å². The van der Waals surface area contributed by atoms with Gasteiger partial charge in [-0.05, 0) is 42.0 Å². The first-order chi connectivity index (χ1) is 15.2. The highest BCUT2D eigenvalue weighted by molar-refractivity contribution is 6.31. The Morgan fingerprint density at radius 1 is 0.935 bits per heavy atom. The standard InChI is InChI=1S/C24H22ClN5O/c25-18-7-8-19-21(14-18)27-23(20-5-1-2-6-22(20)31)28-24(19)30-12-10-29(11-13-30)16-17-4-3-9-26-15-17/h1-9,14-15,31H,10-13,16H2. The number of aromatic hydroxyl groups is 1. The molecule has 0 aliphatic carbocycles. The third-order valence-corrected chi connectivity index (χ3v) is 5.82. The molecule has 3 heterocycles. The average molecular weight is 432 g/mol. The number of para-hydroxylation sites is 1. The van der Waals surface area contributed by atoms with E-state index >= 15 is 0 Å². The van der Waals surface area contributed by atoms with Crippen LogP contribution < -0.4 is 4.90 Å². The monoisotopic (exact) mass is 431 g/mol. The van der Waals surface area contributed by atoms with Crippen molar-refractivity contribution in [3.8, 4) is 17.1 Å². The summed E-state index contributed by atoms with van der Waals surface area (Å²) in [5.74, 6) is 1.54. The van der Waals surface area contributed by atoms with Gasteiger partial charge in [0.25, 0.3) is 0 Å². The number of anilines is 1. The van der Waals surface area contributed by atoms with Crippen molar-refractivity contribution in [2.45, 2.75) is 6.54 Å². The maximum Gasteiger partial charge on any atom is 0.165 e. The lowest BCUT2D eigenvalue weighted by Crippen LogP contribution is -2.46. The van der Waals surface area contributed by atoms with Gasteiger partial charge in [-0.25, -0.2) is 9.97 Å². The third-order valence-electron chi connectivity index (χ3n) is 5.58. The van der Waals surface area contributed by atoms with Crippen LogP contribution >= 0.6 is 11.6 Å². The minimum atomic E-state index is 0.163. The summed E-state index contributed by atoms with van der Waals surface area (Å²) in [7, 11) is 0. The molecule has 1 saturated heterocycles. The van der Waals surface area contributed by atoms with E-state index in [1.165, 1.54) is 5.56 Å². The van der Waals surface area contributed by atoms with Crippen LogP contribution in [0.2, 0.25) is 5.02 Å². The van der Waals surface area contributed by atoms with Crippen molar-refractivity contribution in [2.24, 2.45) is 0 Å². The van der Waals surface area contributed by atoms with Crippen LogP contribution in [0.15, 0.2) is 67.0 Å². The second kappa shape index (κ2) is 8.49. The number of rotatable bonds is 4. The fraction of sp³-hybridized carbons (Fsp3) is 0.208. The van der Waals surface area contributed by atoms with Crippen LogP contribution in [0.3, 0.4) is 0 Å². The molecule has 0 spiro atoms. The van der Waals surface area contributed by atoms with Gasteiger partial charge in [-0.2, -0.15) is 0 Å². The average Bonchev–Trinajstić information content (AvgIpc) is 2.80. The molecule has 1 N–H and O–H groups in total. The number of aromatic nitrogens is 3. The number of hydrogen-bond donors (Lipinski definition) is 1. The molecule has 0 saturated carbocycles. The van der Waals surface area contributed by atoms with E-state index in [9.17, 15) is 5.11 Å². The maximum absolute atomic E-state index is 10.3. The quantitative estimate of drug-likeness (QED) is 0.517. The van der Waals surface area contributed by atoms with Gasteiger partial charge in [0.05, 0.1) is 11.1 Å². The number of pyridine rings is 1. The highest BCUT2D eigenvalue weighted by Crippen LogP contribution is 2.33. The summed E-state index contributed by atoms with van der Waals surface area (Å²) in [5, 5.41) is 11.9. The number of phenolic OH excluding ortho intramolecular Hbond substituents is 1. The number of piperazine rings is 1. The summed E-state index contributed by atoms with van der Waals surface area (Å²) in [6, 6.07) is 16.9. The molecule has 31 heavy (non-hydrogen) atoms. The Hall–Kier alpha value is -3.22. The number of nitrogens with zero attached hydrogens (tertiary/aromatic N) is 5. The molecule has 6 nitrogen and oxygen atoms in total. The summed E-state index contributed by atoms with van der Waals surface area (Å²) in [4.78, 5) is 18.5. The van der Waals surface area contributed by atoms with Crippen LogP contribution in [0.4, 0.5) is 5.82 Å². The van der Waals surface area contributed by atoms with E-state index in [4.69, 9.17) is 21.6 Å². The van der Waals surface area contributed by atoms with Crippen molar-refractivity contribution < 1.29 is 5.11 Å². The van der Waals surface area contributed by atoms with Crippen molar-refractivity contribution in [1.29, 1.82) is 0 Å². The molecule has 5 rings (SSSR count). The predicted molar refractivity (Wildman–Crippen MR) is 123 cm³/mol. The number of halogens is 1. The molecular weight excluding hydrogens is 410 g/mol. The van der Waals surface area contributed by atoms with Gasteiger partial charge >= 0.3 is 0 Å². The molecular formula is C24H22ClN5O. The zero-order valence-corrected chi connectivity index (χ0v) is 17.7. The minimum Gasteiger partial charge on any atom is -0.507 e. The summed E-state index contributed by atoms with van der Waals surface area (Å²) in [6.07, 6.45) is 3.72. The lowest BCUT2D eigenvalue weighted by atomic mass is 10.1. The second-order valence-electron chi connectivity index (χ2n) is 7.67. The Morgan fingerprint density at radius 3 is 2.55 bits per heavy atom. The lowest BCUT2D eigenvalue weighted by molar-refractivity contribution is 0.249. The number of phenols is 1. The fourth-order valence-electron chi connectivity index (χ4n) is 3.98. The number of fused-ring (bicyclic) bond motifs is 1. The molecule has 1 aliphatic rings. The molecule has 7 heteroatoms. The molecule has 1 fully saturated rings. The predicted octanol–water partition coefficient (Wildman–Crippen LogP) is 4.37. The van der Waals surface area contributed by atoms with Gasteiger partial charge in [0.1, 0.15) is 11.6 Å². The van der Waals surface area contributed by atoms with Gasteiger partial charge in [-0.1, -0.05) is 29.8 Å². The van der Waals surface area contributed by atoms with Crippen LogP contribution in [0.1, 0.15) is 5.56 Å². The highest BCUT2D eigenvalue weighted by Gasteiger charge is 2.22. The van der Waals surface area contributed by atoms with Crippen LogP contribution in [-0.4, -0.2) is 51.1 Å². The van der Waals surface area contributed by atoms with E-state index in [1.54, 1.807) is 18.3 Å². The second-order valence-corrected chi connectivity index (χ2v) is 8.11. The lowest BCUT2D eigenvalue weighted by Gasteiger charge is -2.36. The van der Waals surface area contributed by atoms with Crippen molar-refractivity contribution in [2.75, 3.05) is 31.1 Å². The molecule has 0 unspecified atom stereocenters. The fourth-order valence-corrected chi connectivity index (χ4v) is 4.14. The largest absolute Gasteiger partial charge is 0.507 e. The van der Waals surface area contributed by atoms with E-state index < -0.39 is 0 Å². The Balaban J connectivity index is 1.46. The van der Waals surface area contributed by atoms with E-state index in [0.717, 1.165) is 49.4 Å². The van der Waals surface area contributed by atoms with E-state index in [1.807, 2.05) is 42.6 Å². The van der Waals surface area contributed by atoms with Gasteiger partial charge < -0.3 is 10.0 Å². The SMILES string of the molecule is Oc1ccccc1-c1nc(N2CCN(Cc3cccnc3)CC2)c2ccc(Cl)cc2n1. The van der Waals surface area contributed by atoms with Gasteiger partial charge in [-0.3, -0.25) is 9.88 Å². The minimum absolute atomic E-state index is 0.163. The smallest absolute Gasteiger partial charge is 0.165 e. The van der Waals surface area contributed by atoms with Crippen LogP contribution in [0.25, 0.3) is 22.3 Å². The van der Waals surface area contributed by atoms with Gasteiger partial charge in [0.15, 0.2) is 5.82 Å². The van der Waals surface area contributed by atoms with Crippen molar-refractivity contribution in [3.05, 3.63) is 77.6 Å². The summed E-state index contributed by atoms with van der Waals surface area (Å²) in [6.45, 7) is 4.47. The zero-order valence-electron chi connectivity index (χ0n) is 16.9. The number of hydrogen-bond acceptors (Lipinski definition) is 6. The molecule has 0 atom stereocenters. The van der Waals surface area contributed by atoms with E-state index in [-0.39, 0.29) is 5.75 Å². The first-order valence-electron chi connectivity index (χ1n) is 10.3. The molecule has 4 aromatic rings. The molecule has 0 radical (unpaired) electrons. The Kier molecular flexibility index (Phi) is 5.40. The summed E-state index contributed by atoms with van der Waals surface area (Å²) >= 11 is 6.25. The van der Waals surface area contributed by atoms with Crippen LogP contribution in [0, 0.1) is 0 Å².